The molecule has 2 aromatic heterocycles. The Labute approximate surface area is 93.1 Å². The number of imidazole rings is 1. The Balaban J connectivity index is 2.10. The minimum Gasteiger partial charge on any atom is -0.331 e. The van der Waals surface area contributed by atoms with Gasteiger partial charge in [0.25, 0.3) is 0 Å². The van der Waals surface area contributed by atoms with Gasteiger partial charge >= 0.3 is 0 Å². The van der Waals surface area contributed by atoms with E-state index in [-0.39, 0.29) is 6.04 Å². The molecule has 0 radical (unpaired) electrons. The van der Waals surface area contributed by atoms with Crippen molar-refractivity contribution < 1.29 is 0 Å². The van der Waals surface area contributed by atoms with Crippen LogP contribution >= 0.6 is 0 Å². The van der Waals surface area contributed by atoms with Crippen LogP contribution in [0.1, 0.15) is 12.2 Å². The number of aromatic nitrogens is 5. The van der Waals surface area contributed by atoms with E-state index in [2.05, 4.69) is 19.7 Å². The Morgan fingerprint density at radius 1 is 1.44 bits per heavy atom. The first-order chi connectivity index (χ1) is 7.75. The van der Waals surface area contributed by atoms with Crippen LogP contribution in [-0.4, -0.2) is 30.4 Å². The van der Waals surface area contributed by atoms with Crippen molar-refractivity contribution in [3.8, 4) is 11.5 Å². The van der Waals surface area contributed by atoms with E-state index in [9.17, 15) is 0 Å². The maximum Gasteiger partial charge on any atom is 0.182 e. The summed E-state index contributed by atoms with van der Waals surface area (Å²) >= 11 is 0. The number of rotatable bonds is 1. The van der Waals surface area contributed by atoms with Crippen LogP contribution in [0.3, 0.4) is 0 Å². The van der Waals surface area contributed by atoms with Crippen molar-refractivity contribution in [1.29, 1.82) is 0 Å². The van der Waals surface area contributed by atoms with Gasteiger partial charge in [0, 0.05) is 26.1 Å². The number of nitrogens with zero attached hydrogens (tertiary/aromatic N) is 5. The molecule has 0 saturated carbocycles. The third-order valence-corrected chi connectivity index (χ3v) is 3.03. The molecule has 1 aliphatic rings. The highest BCUT2D eigenvalue weighted by Gasteiger charge is 2.22. The molecule has 0 aromatic carbocycles. The van der Waals surface area contributed by atoms with E-state index in [1.54, 1.807) is 12.5 Å². The van der Waals surface area contributed by atoms with E-state index in [0.717, 1.165) is 36.7 Å². The van der Waals surface area contributed by atoms with Gasteiger partial charge in [0.2, 0.25) is 0 Å². The summed E-state index contributed by atoms with van der Waals surface area (Å²) in [5.41, 5.74) is 6.95. The molecule has 1 atom stereocenters. The fourth-order valence-corrected chi connectivity index (χ4v) is 2.11. The smallest absolute Gasteiger partial charge is 0.182 e. The van der Waals surface area contributed by atoms with Crippen LogP contribution in [0.2, 0.25) is 0 Å². The van der Waals surface area contributed by atoms with Gasteiger partial charge in [0.05, 0.1) is 12.5 Å². The molecule has 0 fully saturated rings. The van der Waals surface area contributed by atoms with E-state index in [0.29, 0.717) is 0 Å². The fraction of sp³-hybridized carbons (Fsp3) is 0.500. The first-order valence-corrected chi connectivity index (χ1v) is 5.40. The third kappa shape index (κ3) is 1.34. The lowest BCUT2D eigenvalue weighted by Crippen LogP contribution is -2.32. The quantitative estimate of drug-likeness (QED) is 0.728. The standard InChI is InChI=1S/C10H14N6/c1-15-6-12-4-8(15)10-14-13-9-3-2-7(11)5-16(9)10/h4,6-7H,2-3,5,11H2,1H3. The molecule has 84 valence electrons. The van der Waals surface area contributed by atoms with E-state index >= 15 is 0 Å². The molecule has 0 aliphatic carbocycles. The summed E-state index contributed by atoms with van der Waals surface area (Å²) < 4.78 is 4.04. The topological polar surface area (TPSA) is 74.5 Å². The molecular formula is C10H14N6. The summed E-state index contributed by atoms with van der Waals surface area (Å²) in [6, 6.07) is 0.204. The lowest BCUT2D eigenvalue weighted by molar-refractivity contribution is 0.455. The Bertz CT molecular complexity index is 511. The summed E-state index contributed by atoms with van der Waals surface area (Å²) in [4.78, 5) is 4.10. The van der Waals surface area contributed by atoms with E-state index in [1.165, 1.54) is 0 Å². The van der Waals surface area contributed by atoms with Crippen molar-refractivity contribution >= 4 is 0 Å². The second-order valence-electron chi connectivity index (χ2n) is 4.24. The number of hydrogen-bond acceptors (Lipinski definition) is 4. The van der Waals surface area contributed by atoms with Crippen LogP contribution in [0.4, 0.5) is 0 Å². The zero-order valence-corrected chi connectivity index (χ0v) is 9.17. The first kappa shape index (κ1) is 9.53. The Morgan fingerprint density at radius 2 is 2.31 bits per heavy atom. The predicted octanol–water partition coefficient (Wildman–Crippen LogP) is -0.0479. The summed E-state index contributed by atoms with van der Waals surface area (Å²) in [5, 5.41) is 8.44. The molecule has 3 rings (SSSR count). The molecule has 3 heterocycles. The van der Waals surface area contributed by atoms with Crippen LogP contribution in [0.5, 0.6) is 0 Å². The Kier molecular flexibility index (Phi) is 2.03. The first-order valence-electron chi connectivity index (χ1n) is 5.40. The fourth-order valence-electron chi connectivity index (χ4n) is 2.11. The van der Waals surface area contributed by atoms with Crippen LogP contribution in [0.25, 0.3) is 11.5 Å². The van der Waals surface area contributed by atoms with E-state index < -0.39 is 0 Å². The Hall–Kier alpha value is -1.69. The number of hydrogen-bond donors (Lipinski definition) is 1. The van der Waals surface area contributed by atoms with Crippen molar-refractivity contribution in [3.05, 3.63) is 18.3 Å². The van der Waals surface area contributed by atoms with Gasteiger partial charge in [0.1, 0.15) is 11.5 Å². The molecule has 1 unspecified atom stereocenters. The lowest BCUT2D eigenvalue weighted by atomic mass is 10.1. The zero-order chi connectivity index (χ0) is 11.1. The van der Waals surface area contributed by atoms with Crippen molar-refractivity contribution in [3.63, 3.8) is 0 Å². The molecule has 0 spiro atoms. The highest BCUT2D eigenvalue weighted by molar-refractivity contribution is 5.49. The van der Waals surface area contributed by atoms with Crippen molar-refractivity contribution in [2.75, 3.05) is 0 Å². The average molecular weight is 218 g/mol. The molecular weight excluding hydrogens is 204 g/mol. The van der Waals surface area contributed by atoms with Gasteiger partial charge in [-0.3, -0.25) is 0 Å². The van der Waals surface area contributed by atoms with Gasteiger partial charge in [0.15, 0.2) is 5.82 Å². The summed E-state index contributed by atoms with van der Waals surface area (Å²) in [6.45, 7) is 0.794. The molecule has 16 heavy (non-hydrogen) atoms. The zero-order valence-electron chi connectivity index (χ0n) is 9.17. The highest BCUT2D eigenvalue weighted by atomic mass is 15.3. The monoisotopic (exact) mass is 218 g/mol. The van der Waals surface area contributed by atoms with Crippen molar-refractivity contribution in [2.24, 2.45) is 12.8 Å². The van der Waals surface area contributed by atoms with Crippen molar-refractivity contribution in [1.82, 2.24) is 24.3 Å². The molecule has 2 aromatic rings. The van der Waals surface area contributed by atoms with Gasteiger partial charge in [-0.2, -0.15) is 0 Å². The molecule has 1 aliphatic heterocycles. The van der Waals surface area contributed by atoms with Gasteiger partial charge < -0.3 is 14.9 Å². The number of aryl methyl sites for hydroxylation is 2. The Morgan fingerprint density at radius 3 is 3.06 bits per heavy atom. The molecule has 0 amide bonds. The highest BCUT2D eigenvalue weighted by Crippen LogP contribution is 2.21. The van der Waals surface area contributed by atoms with Gasteiger partial charge in [-0.05, 0) is 6.42 Å². The minimum absolute atomic E-state index is 0.204. The predicted molar refractivity (Wildman–Crippen MR) is 58.5 cm³/mol. The van der Waals surface area contributed by atoms with Crippen LogP contribution in [0.15, 0.2) is 12.5 Å². The lowest BCUT2D eigenvalue weighted by Gasteiger charge is -2.20. The second kappa shape index (κ2) is 3.41. The number of nitrogens with two attached hydrogens (primary N) is 1. The number of fused-ring (bicyclic) bond motifs is 1. The molecule has 2 N–H and O–H groups in total. The van der Waals surface area contributed by atoms with Crippen LogP contribution in [-0.2, 0) is 20.0 Å². The molecule has 0 saturated heterocycles. The average Bonchev–Trinajstić information content (AvgIpc) is 2.83. The maximum absolute atomic E-state index is 5.97. The largest absolute Gasteiger partial charge is 0.331 e. The molecule has 6 nitrogen and oxygen atoms in total. The van der Waals surface area contributed by atoms with Gasteiger partial charge in [-0.1, -0.05) is 0 Å². The molecule has 6 heteroatoms. The molecule has 0 bridgehead atoms. The van der Waals surface area contributed by atoms with Crippen LogP contribution < -0.4 is 5.73 Å². The second-order valence-corrected chi connectivity index (χ2v) is 4.24. The van der Waals surface area contributed by atoms with E-state index in [1.807, 2.05) is 11.6 Å². The SMILES string of the molecule is Cn1cncc1-c1nnc2n1CC(N)CC2. The van der Waals surface area contributed by atoms with Gasteiger partial charge in [-0.25, -0.2) is 4.98 Å². The third-order valence-electron chi connectivity index (χ3n) is 3.03. The maximum atomic E-state index is 5.97. The van der Waals surface area contributed by atoms with Gasteiger partial charge in [-0.15, -0.1) is 10.2 Å². The minimum atomic E-state index is 0.204. The van der Waals surface area contributed by atoms with E-state index in [4.69, 9.17) is 5.73 Å². The van der Waals surface area contributed by atoms with Crippen LogP contribution in [0, 0.1) is 0 Å². The summed E-state index contributed by atoms with van der Waals surface area (Å²) in [7, 11) is 1.95. The summed E-state index contributed by atoms with van der Waals surface area (Å²) in [5.74, 6) is 1.89. The summed E-state index contributed by atoms with van der Waals surface area (Å²) in [6.07, 6.45) is 5.46. The normalized spacial score (nSPS) is 19.8. The van der Waals surface area contributed by atoms with Crippen molar-refractivity contribution in [2.45, 2.75) is 25.4 Å².